The van der Waals surface area contributed by atoms with Crippen molar-refractivity contribution in [2.75, 3.05) is 25.5 Å². The molecule has 0 radical (unpaired) electrons. The van der Waals surface area contributed by atoms with Gasteiger partial charge in [-0.15, -0.1) is 0 Å². The van der Waals surface area contributed by atoms with Gasteiger partial charge >= 0.3 is 6.09 Å². The van der Waals surface area contributed by atoms with Gasteiger partial charge < -0.3 is 35.4 Å². The number of benzene rings is 1. The van der Waals surface area contributed by atoms with Crippen LogP contribution in [0, 0.1) is 6.92 Å². The lowest BCUT2D eigenvalue weighted by Gasteiger charge is -2.29. The number of nitrogens with one attached hydrogen (secondary N) is 3. The molecule has 0 saturated carbocycles. The van der Waals surface area contributed by atoms with Gasteiger partial charge in [-0.25, -0.2) is 9.78 Å². The minimum atomic E-state index is -0.706. The molecule has 4 aromatic rings. The van der Waals surface area contributed by atoms with Crippen LogP contribution in [0.2, 0.25) is 5.02 Å². The fourth-order valence-electron chi connectivity index (χ4n) is 5.86. The van der Waals surface area contributed by atoms with Crippen LogP contribution >= 0.6 is 11.6 Å². The van der Waals surface area contributed by atoms with Crippen molar-refractivity contribution in [3.63, 3.8) is 0 Å². The molecule has 1 aliphatic rings. The topological polar surface area (TPSA) is 168 Å². The van der Waals surface area contributed by atoms with E-state index in [2.05, 4.69) is 25.9 Å². The van der Waals surface area contributed by atoms with Gasteiger partial charge in [0.15, 0.2) is 0 Å². The largest absolute Gasteiger partial charge is 0.481 e. The molecule has 3 aromatic heterocycles. The van der Waals surface area contributed by atoms with Gasteiger partial charge in [0.05, 0.1) is 36.2 Å². The number of aliphatic hydroxyl groups is 1. The van der Waals surface area contributed by atoms with Crippen LogP contribution in [0.1, 0.15) is 67.7 Å². The van der Waals surface area contributed by atoms with E-state index >= 15 is 0 Å². The van der Waals surface area contributed by atoms with Gasteiger partial charge in [0, 0.05) is 66.9 Å². The predicted molar refractivity (Wildman–Crippen MR) is 203 cm³/mol. The summed E-state index contributed by atoms with van der Waals surface area (Å²) < 4.78 is 11.4. The molecule has 280 valence electrons. The van der Waals surface area contributed by atoms with E-state index < -0.39 is 17.8 Å². The third-order valence-electron chi connectivity index (χ3n) is 8.50. The maximum atomic E-state index is 13.3. The number of anilines is 1. The highest BCUT2D eigenvalue weighted by molar-refractivity contribution is 6.35. The number of hydrogen-bond donors (Lipinski definition) is 4. The van der Waals surface area contributed by atoms with Crippen molar-refractivity contribution in [1.82, 2.24) is 30.5 Å². The quantitative estimate of drug-likeness (QED) is 0.129. The molecule has 0 unspecified atom stereocenters. The lowest BCUT2D eigenvalue weighted by atomic mass is 10.0. The molecule has 1 fully saturated rings. The third-order valence-corrected chi connectivity index (χ3v) is 8.88. The van der Waals surface area contributed by atoms with Crippen LogP contribution < -0.4 is 20.7 Å². The number of hydrogen-bond acceptors (Lipinski definition) is 10. The fourth-order valence-corrected chi connectivity index (χ4v) is 6.17. The summed E-state index contributed by atoms with van der Waals surface area (Å²) in [6.07, 6.45) is 3.35. The minimum absolute atomic E-state index is 0.0408. The molecule has 13 nitrogen and oxygen atoms in total. The highest BCUT2D eigenvalue weighted by Gasteiger charge is 2.29. The van der Waals surface area contributed by atoms with Gasteiger partial charge in [-0.2, -0.15) is 0 Å². The normalized spacial score (nSPS) is 14.7. The summed E-state index contributed by atoms with van der Waals surface area (Å²) in [5.41, 5.74) is 4.79. The molecule has 0 bridgehead atoms. The van der Waals surface area contributed by atoms with E-state index in [0.29, 0.717) is 65.0 Å². The number of amides is 3. The van der Waals surface area contributed by atoms with E-state index in [4.69, 9.17) is 26.1 Å². The molecule has 1 aliphatic heterocycles. The molecule has 1 aromatic carbocycles. The van der Waals surface area contributed by atoms with Crippen LogP contribution in [-0.2, 0) is 22.6 Å². The van der Waals surface area contributed by atoms with Gasteiger partial charge in [0.25, 0.3) is 5.91 Å². The monoisotopic (exact) mass is 743 g/mol. The second kappa shape index (κ2) is 17.1. The Balaban J connectivity index is 1.36. The number of carbonyl (C=O) groups is 3. The lowest BCUT2D eigenvalue weighted by Crippen LogP contribution is -2.43. The summed E-state index contributed by atoms with van der Waals surface area (Å²) in [5, 5.41) is 18.8. The Morgan fingerprint density at radius 1 is 1.11 bits per heavy atom. The minimum Gasteiger partial charge on any atom is -0.481 e. The smallest absolute Gasteiger partial charge is 0.410 e. The molecular weight excluding hydrogens is 698 g/mol. The highest BCUT2D eigenvalue weighted by atomic mass is 35.5. The standard InChI is InChI=1S/C39H46ClN7O6/c1-23(48)18-41-19-25-10-13-32(43-20-25)36(50)45-30-9-7-8-28(24(30)2)35-34(40)29(16-17-42-35)31-14-11-26(37(46-31)52-6)21-47(38(51)53-39(3,4)5)22-27-12-15-33(49)44-27/h7-11,13-14,16-17,20,23,27,41,48H,12,15,18-19,21-22H2,1-6H3,(H,44,49)(H,45,50)/t23-,27-/m0/s1. The van der Waals surface area contributed by atoms with Crippen molar-refractivity contribution >= 4 is 35.2 Å². The number of halogens is 1. The zero-order chi connectivity index (χ0) is 38.3. The predicted octanol–water partition coefficient (Wildman–Crippen LogP) is 5.91. The van der Waals surface area contributed by atoms with Crippen molar-refractivity contribution in [2.45, 2.75) is 78.3 Å². The van der Waals surface area contributed by atoms with Crippen molar-refractivity contribution < 1.29 is 29.0 Å². The van der Waals surface area contributed by atoms with E-state index in [1.54, 1.807) is 69.3 Å². The van der Waals surface area contributed by atoms with Crippen LogP contribution in [0.15, 0.2) is 60.9 Å². The Morgan fingerprint density at radius 3 is 2.57 bits per heavy atom. The first-order valence-corrected chi connectivity index (χ1v) is 17.8. The third kappa shape index (κ3) is 10.3. The molecule has 5 rings (SSSR count). The summed E-state index contributed by atoms with van der Waals surface area (Å²) in [7, 11) is 1.51. The number of rotatable bonds is 13. The number of carbonyl (C=O) groups excluding carboxylic acids is 3. The fraction of sp³-hybridized carbons (Fsp3) is 0.385. The van der Waals surface area contributed by atoms with Gasteiger partial charge in [-0.3, -0.25) is 19.6 Å². The summed E-state index contributed by atoms with van der Waals surface area (Å²) in [6.45, 7) is 10.4. The zero-order valence-electron chi connectivity index (χ0n) is 30.8. The average Bonchev–Trinajstić information content (AvgIpc) is 3.52. The number of methoxy groups -OCH3 is 1. The molecule has 4 heterocycles. The number of aromatic nitrogens is 3. The maximum absolute atomic E-state index is 13.3. The van der Waals surface area contributed by atoms with Crippen LogP contribution in [0.5, 0.6) is 5.88 Å². The van der Waals surface area contributed by atoms with Crippen LogP contribution in [0.25, 0.3) is 22.5 Å². The molecule has 53 heavy (non-hydrogen) atoms. The van der Waals surface area contributed by atoms with E-state index in [1.807, 2.05) is 31.2 Å². The number of pyridine rings is 3. The van der Waals surface area contributed by atoms with E-state index in [-0.39, 0.29) is 36.6 Å². The zero-order valence-corrected chi connectivity index (χ0v) is 31.6. The second-order valence-electron chi connectivity index (χ2n) is 14.0. The molecule has 2 atom stereocenters. The molecular formula is C39H46ClN7O6. The van der Waals surface area contributed by atoms with E-state index in [1.165, 1.54) is 7.11 Å². The van der Waals surface area contributed by atoms with Crippen LogP contribution in [0.4, 0.5) is 10.5 Å². The van der Waals surface area contributed by atoms with Crippen molar-refractivity contribution in [1.29, 1.82) is 0 Å². The van der Waals surface area contributed by atoms with Gasteiger partial charge in [-0.1, -0.05) is 29.8 Å². The molecule has 4 N–H and O–H groups in total. The van der Waals surface area contributed by atoms with Crippen molar-refractivity contribution in [3.8, 4) is 28.4 Å². The molecule has 14 heteroatoms. The number of aliphatic hydroxyl groups excluding tert-OH is 1. The summed E-state index contributed by atoms with van der Waals surface area (Å²) >= 11 is 7.04. The molecule has 0 spiro atoms. The SMILES string of the molecule is COc1nc(-c2ccnc(-c3cccc(NC(=O)c4ccc(CNC[C@H](C)O)cn4)c3C)c2Cl)ccc1CN(C[C@@H]1CCC(=O)N1)C(=O)OC(C)(C)C. The first-order chi connectivity index (χ1) is 25.2. The first-order valence-electron chi connectivity index (χ1n) is 17.4. The summed E-state index contributed by atoms with van der Waals surface area (Å²) in [4.78, 5) is 53.5. The lowest BCUT2D eigenvalue weighted by molar-refractivity contribution is -0.119. The van der Waals surface area contributed by atoms with Crippen LogP contribution in [0.3, 0.4) is 0 Å². The van der Waals surface area contributed by atoms with Gasteiger partial charge in [-0.05, 0) is 82.5 Å². The molecule has 1 saturated heterocycles. The Labute approximate surface area is 314 Å². The Morgan fingerprint density at radius 2 is 1.91 bits per heavy atom. The number of ether oxygens (including phenoxy) is 2. The van der Waals surface area contributed by atoms with Crippen molar-refractivity contribution in [2.24, 2.45) is 0 Å². The van der Waals surface area contributed by atoms with E-state index in [0.717, 1.165) is 16.7 Å². The first kappa shape index (κ1) is 39.1. The van der Waals surface area contributed by atoms with E-state index in [9.17, 15) is 19.5 Å². The van der Waals surface area contributed by atoms with Gasteiger partial charge in [0.1, 0.15) is 11.3 Å². The van der Waals surface area contributed by atoms with Crippen molar-refractivity contribution in [3.05, 3.63) is 88.3 Å². The Kier molecular flexibility index (Phi) is 12.7. The summed E-state index contributed by atoms with van der Waals surface area (Å²) in [5.74, 6) is -0.100. The highest BCUT2D eigenvalue weighted by Crippen LogP contribution is 2.38. The second-order valence-corrected chi connectivity index (χ2v) is 14.4. The Hall–Kier alpha value is -5.11. The molecule has 0 aliphatic carbocycles. The average molecular weight is 744 g/mol. The Bertz CT molecular complexity index is 1950. The molecule has 3 amide bonds. The van der Waals surface area contributed by atoms with Crippen LogP contribution in [-0.4, -0.2) is 80.8 Å². The maximum Gasteiger partial charge on any atom is 0.410 e. The number of nitrogens with zero attached hydrogens (tertiary/aromatic N) is 4. The summed E-state index contributed by atoms with van der Waals surface area (Å²) in [6, 6.07) is 14.2. The van der Waals surface area contributed by atoms with Gasteiger partial charge in [0.2, 0.25) is 11.8 Å².